The fraction of sp³-hybridized carbons (Fsp3) is 0.333. The molecule has 1 aromatic heterocycles. The molecule has 110 valence electrons. The molecule has 0 saturated heterocycles. The second kappa shape index (κ2) is 5.75. The minimum absolute atomic E-state index is 0.469. The van der Waals surface area contributed by atoms with Crippen LogP contribution in [0.5, 0.6) is 0 Å². The van der Waals surface area contributed by atoms with E-state index in [1.807, 2.05) is 29.2 Å². The lowest BCUT2D eigenvalue weighted by molar-refractivity contribution is -0.142. The van der Waals surface area contributed by atoms with Crippen molar-refractivity contribution < 1.29 is 9.90 Å². The molecule has 6 heteroatoms. The van der Waals surface area contributed by atoms with Gasteiger partial charge in [0.15, 0.2) is 0 Å². The molecule has 0 spiro atoms. The van der Waals surface area contributed by atoms with E-state index in [9.17, 15) is 4.79 Å². The first-order valence-corrected chi connectivity index (χ1v) is 7.96. The van der Waals surface area contributed by atoms with Crippen molar-refractivity contribution in [3.63, 3.8) is 0 Å². The average molecular weight is 323 g/mol. The van der Waals surface area contributed by atoms with Gasteiger partial charge in [0.1, 0.15) is 11.0 Å². The van der Waals surface area contributed by atoms with Gasteiger partial charge in [0.2, 0.25) is 0 Å². The highest BCUT2D eigenvalue weighted by atomic mass is 35.5. The van der Waals surface area contributed by atoms with Crippen molar-refractivity contribution in [2.45, 2.75) is 25.9 Å². The van der Waals surface area contributed by atoms with Crippen molar-refractivity contribution in [1.29, 1.82) is 0 Å². The number of halogens is 1. The number of benzene rings is 1. The quantitative estimate of drug-likeness (QED) is 0.942. The van der Waals surface area contributed by atoms with Crippen LogP contribution in [0.1, 0.15) is 17.5 Å². The highest BCUT2D eigenvalue weighted by Crippen LogP contribution is 2.35. The van der Waals surface area contributed by atoms with E-state index in [4.69, 9.17) is 16.7 Å². The Balaban J connectivity index is 1.88. The molecule has 1 aliphatic heterocycles. The summed E-state index contributed by atoms with van der Waals surface area (Å²) in [5.41, 5.74) is 2.01. The van der Waals surface area contributed by atoms with Crippen LogP contribution in [-0.2, 0) is 17.8 Å². The highest BCUT2D eigenvalue weighted by molar-refractivity contribution is 7.15. The number of fused-ring (bicyclic) bond motifs is 1. The molecule has 0 fully saturated rings. The first-order chi connectivity index (χ1) is 10.1. The summed E-state index contributed by atoms with van der Waals surface area (Å²) in [7, 11) is 0. The van der Waals surface area contributed by atoms with Gasteiger partial charge in [-0.25, -0.2) is 4.98 Å². The third-order valence-corrected chi connectivity index (χ3v) is 5.22. The van der Waals surface area contributed by atoms with E-state index in [1.54, 1.807) is 18.3 Å². The summed E-state index contributed by atoms with van der Waals surface area (Å²) in [6.07, 6.45) is 0.786. The molecule has 21 heavy (non-hydrogen) atoms. The number of hydrogen-bond acceptors (Lipinski definition) is 4. The molecule has 4 nitrogen and oxygen atoms in total. The van der Waals surface area contributed by atoms with Crippen LogP contribution < -0.4 is 0 Å². The topological polar surface area (TPSA) is 53.4 Å². The number of carbonyl (C=O) groups is 1. The largest absolute Gasteiger partial charge is 0.480 e. The van der Waals surface area contributed by atoms with Crippen molar-refractivity contribution in [3.8, 4) is 10.6 Å². The lowest BCUT2D eigenvalue weighted by atomic mass is 10.1. The molecular formula is C15H15ClN2O2S. The lowest BCUT2D eigenvalue weighted by Gasteiger charge is -2.28. The van der Waals surface area contributed by atoms with E-state index >= 15 is 0 Å². The van der Waals surface area contributed by atoms with Gasteiger partial charge in [-0.1, -0.05) is 29.8 Å². The van der Waals surface area contributed by atoms with E-state index in [-0.39, 0.29) is 0 Å². The fourth-order valence-corrected chi connectivity index (χ4v) is 3.91. The van der Waals surface area contributed by atoms with Crippen LogP contribution in [0.4, 0.5) is 0 Å². The standard InChI is InChI=1S/C15H15ClN2O2S/c1-9(15(19)20)18-7-6-12-13(8-18)21-14(17-12)10-4-2-3-5-11(10)16/h2-5,9H,6-8H2,1H3,(H,19,20). The molecule has 2 aromatic rings. The minimum Gasteiger partial charge on any atom is -0.480 e. The molecule has 1 aromatic carbocycles. The van der Waals surface area contributed by atoms with Gasteiger partial charge < -0.3 is 5.11 Å². The Bertz CT molecular complexity index is 686. The number of aromatic nitrogens is 1. The monoisotopic (exact) mass is 322 g/mol. The summed E-state index contributed by atoms with van der Waals surface area (Å²) in [5.74, 6) is -0.783. The Hall–Kier alpha value is -1.43. The molecule has 0 saturated carbocycles. The van der Waals surface area contributed by atoms with Crippen LogP contribution in [0.3, 0.4) is 0 Å². The van der Waals surface area contributed by atoms with Gasteiger partial charge in [0.25, 0.3) is 0 Å². The molecule has 1 N–H and O–H groups in total. The van der Waals surface area contributed by atoms with Gasteiger partial charge in [-0.05, 0) is 13.0 Å². The van der Waals surface area contributed by atoms with Gasteiger partial charge in [-0.15, -0.1) is 11.3 Å². The Morgan fingerprint density at radius 1 is 1.48 bits per heavy atom. The van der Waals surface area contributed by atoms with Crippen molar-refractivity contribution in [1.82, 2.24) is 9.88 Å². The molecule has 3 rings (SSSR count). The van der Waals surface area contributed by atoms with E-state index in [0.29, 0.717) is 11.6 Å². The number of nitrogens with zero attached hydrogens (tertiary/aromatic N) is 2. The first kappa shape index (κ1) is 14.5. The number of carboxylic acids is 1. The van der Waals surface area contributed by atoms with Crippen LogP contribution in [0.2, 0.25) is 5.02 Å². The van der Waals surface area contributed by atoms with E-state index in [2.05, 4.69) is 4.98 Å². The van der Waals surface area contributed by atoms with E-state index in [1.165, 1.54) is 0 Å². The van der Waals surface area contributed by atoms with Gasteiger partial charge in [0, 0.05) is 30.0 Å². The molecule has 0 bridgehead atoms. The van der Waals surface area contributed by atoms with Crippen LogP contribution in [0.15, 0.2) is 24.3 Å². The second-order valence-electron chi connectivity index (χ2n) is 5.10. The molecule has 1 aliphatic rings. The Labute approximate surface area is 132 Å². The summed E-state index contributed by atoms with van der Waals surface area (Å²) in [6.45, 7) is 3.10. The third-order valence-electron chi connectivity index (χ3n) is 3.77. The predicted octanol–water partition coefficient (Wildman–Crippen LogP) is 3.29. The van der Waals surface area contributed by atoms with Gasteiger partial charge in [0.05, 0.1) is 10.7 Å². The number of aliphatic carboxylic acids is 1. The fourth-order valence-electron chi connectivity index (χ4n) is 2.45. The zero-order valence-electron chi connectivity index (χ0n) is 11.5. The van der Waals surface area contributed by atoms with Gasteiger partial charge in [-0.2, -0.15) is 0 Å². The Morgan fingerprint density at radius 2 is 2.24 bits per heavy atom. The summed E-state index contributed by atoms with van der Waals surface area (Å²) in [5, 5.41) is 10.7. The lowest BCUT2D eigenvalue weighted by Crippen LogP contribution is -2.41. The van der Waals surface area contributed by atoms with Gasteiger partial charge >= 0.3 is 5.97 Å². The van der Waals surface area contributed by atoms with Crippen LogP contribution in [0.25, 0.3) is 10.6 Å². The zero-order valence-corrected chi connectivity index (χ0v) is 13.1. The molecular weight excluding hydrogens is 308 g/mol. The molecule has 1 unspecified atom stereocenters. The smallest absolute Gasteiger partial charge is 0.320 e. The summed E-state index contributed by atoms with van der Waals surface area (Å²) in [6, 6.07) is 7.19. The average Bonchev–Trinajstić information content (AvgIpc) is 2.89. The van der Waals surface area contributed by atoms with Crippen LogP contribution >= 0.6 is 22.9 Å². The normalized spacial score (nSPS) is 16.5. The van der Waals surface area contributed by atoms with Gasteiger partial charge in [-0.3, -0.25) is 9.69 Å². The van der Waals surface area contributed by atoms with Crippen molar-refractivity contribution >= 4 is 28.9 Å². The van der Waals surface area contributed by atoms with Crippen LogP contribution in [0, 0.1) is 0 Å². The maximum absolute atomic E-state index is 11.1. The number of hydrogen-bond donors (Lipinski definition) is 1. The van der Waals surface area contributed by atoms with Crippen molar-refractivity contribution in [2.75, 3.05) is 6.54 Å². The minimum atomic E-state index is -0.783. The van der Waals surface area contributed by atoms with Crippen molar-refractivity contribution in [3.05, 3.63) is 39.9 Å². The zero-order chi connectivity index (χ0) is 15.0. The van der Waals surface area contributed by atoms with Crippen LogP contribution in [-0.4, -0.2) is 33.5 Å². The number of thiazole rings is 1. The molecule has 0 amide bonds. The summed E-state index contributed by atoms with van der Waals surface area (Å²) in [4.78, 5) is 18.9. The highest BCUT2D eigenvalue weighted by Gasteiger charge is 2.27. The first-order valence-electron chi connectivity index (χ1n) is 6.76. The summed E-state index contributed by atoms with van der Waals surface area (Å²) < 4.78 is 0. The SMILES string of the molecule is CC(C(=O)O)N1CCc2nc(-c3ccccc3Cl)sc2C1. The molecule has 0 radical (unpaired) electrons. The Morgan fingerprint density at radius 3 is 2.95 bits per heavy atom. The maximum atomic E-state index is 11.1. The second-order valence-corrected chi connectivity index (χ2v) is 6.59. The maximum Gasteiger partial charge on any atom is 0.320 e. The molecule has 2 heterocycles. The molecule has 0 aliphatic carbocycles. The van der Waals surface area contributed by atoms with E-state index in [0.717, 1.165) is 34.1 Å². The third kappa shape index (κ3) is 2.81. The Kier molecular flexibility index (Phi) is 3.97. The number of rotatable bonds is 3. The molecule has 1 atom stereocenters. The van der Waals surface area contributed by atoms with E-state index < -0.39 is 12.0 Å². The summed E-state index contributed by atoms with van der Waals surface area (Å²) >= 11 is 7.83. The predicted molar refractivity (Wildman–Crippen MR) is 83.8 cm³/mol. The number of carboxylic acid groups (broad SMARTS) is 1. The van der Waals surface area contributed by atoms with Crippen molar-refractivity contribution in [2.24, 2.45) is 0 Å².